The van der Waals surface area contributed by atoms with Crippen molar-refractivity contribution in [1.29, 1.82) is 0 Å². The summed E-state index contributed by atoms with van der Waals surface area (Å²) in [5.41, 5.74) is 8.86. The second-order valence-electron chi connectivity index (χ2n) is 9.59. The van der Waals surface area contributed by atoms with Crippen LogP contribution in [0.15, 0.2) is 24.3 Å². The van der Waals surface area contributed by atoms with Crippen LogP contribution >= 0.6 is 12.4 Å². The molecular weight excluding hydrogens is 358 g/mol. The first kappa shape index (κ1) is 22.2. The lowest BCUT2D eigenvalue weighted by atomic mass is 9.86. The summed E-state index contributed by atoms with van der Waals surface area (Å²) >= 11 is 0. The van der Waals surface area contributed by atoms with E-state index in [0.29, 0.717) is 13.1 Å². The summed E-state index contributed by atoms with van der Waals surface area (Å²) in [5.74, 6) is 0.272. The van der Waals surface area contributed by atoms with E-state index in [4.69, 9.17) is 5.73 Å². The summed E-state index contributed by atoms with van der Waals surface area (Å²) in [4.78, 5) is 17.3. The Balaban J connectivity index is 0.00000261. The molecule has 3 rings (SSSR count). The topological polar surface area (TPSA) is 49.6 Å². The van der Waals surface area contributed by atoms with Crippen molar-refractivity contribution < 1.29 is 4.79 Å². The highest BCUT2D eigenvalue weighted by molar-refractivity contribution is 5.85. The minimum Gasteiger partial charge on any atom is -0.335 e. The Labute approximate surface area is 170 Å². The SMILES string of the molecule is CC1(CN)CCN(CC(=O)N2CCCC2c2ccc(C(C)(C)C)cc2)C1.Cl. The smallest absolute Gasteiger partial charge is 0.237 e. The van der Waals surface area contributed by atoms with Crippen molar-refractivity contribution in [2.24, 2.45) is 11.1 Å². The molecule has 4 nitrogen and oxygen atoms in total. The van der Waals surface area contributed by atoms with Gasteiger partial charge in [-0.1, -0.05) is 52.0 Å². The molecular formula is C22H36ClN3O. The second kappa shape index (κ2) is 8.50. The van der Waals surface area contributed by atoms with Gasteiger partial charge in [0, 0.05) is 13.1 Å². The van der Waals surface area contributed by atoms with E-state index in [2.05, 4.69) is 61.8 Å². The third-order valence-corrected chi connectivity index (χ3v) is 6.22. The predicted molar refractivity (Wildman–Crippen MR) is 114 cm³/mol. The van der Waals surface area contributed by atoms with E-state index in [-0.39, 0.29) is 35.2 Å². The van der Waals surface area contributed by atoms with Crippen molar-refractivity contribution in [3.8, 4) is 0 Å². The number of benzene rings is 1. The van der Waals surface area contributed by atoms with Gasteiger partial charge >= 0.3 is 0 Å². The minimum absolute atomic E-state index is 0. The number of amides is 1. The third-order valence-electron chi connectivity index (χ3n) is 6.22. The molecule has 2 fully saturated rings. The number of nitrogens with zero attached hydrogens (tertiary/aromatic N) is 2. The van der Waals surface area contributed by atoms with Crippen LogP contribution in [0.2, 0.25) is 0 Å². The Bertz CT molecular complexity index is 640. The standard InChI is InChI=1S/C22H35N3O.ClH/c1-21(2,3)18-9-7-17(8-10-18)19-6-5-12-25(19)20(26)14-24-13-11-22(4,15-23)16-24;/h7-10,19H,5-6,11-16,23H2,1-4H3;1H. The van der Waals surface area contributed by atoms with Crippen LogP contribution in [0.1, 0.15) is 64.1 Å². The van der Waals surface area contributed by atoms with Crippen LogP contribution in [0.5, 0.6) is 0 Å². The van der Waals surface area contributed by atoms with Crippen molar-refractivity contribution in [3.63, 3.8) is 0 Å². The van der Waals surface area contributed by atoms with E-state index in [9.17, 15) is 4.79 Å². The van der Waals surface area contributed by atoms with Crippen molar-refractivity contribution >= 4 is 18.3 Å². The van der Waals surface area contributed by atoms with Crippen LogP contribution in [0.4, 0.5) is 0 Å². The fourth-order valence-corrected chi connectivity index (χ4v) is 4.33. The maximum absolute atomic E-state index is 13.0. The number of nitrogens with two attached hydrogens (primary N) is 1. The lowest BCUT2D eigenvalue weighted by Gasteiger charge is -2.29. The van der Waals surface area contributed by atoms with Crippen LogP contribution in [0.25, 0.3) is 0 Å². The van der Waals surface area contributed by atoms with Gasteiger partial charge in [-0.25, -0.2) is 0 Å². The van der Waals surface area contributed by atoms with Crippen molar-refractivity contribution in [2.75, 3.05) is 32.7 Å². The molecule has 1 aromatic rings. The number of carbonyl (C=O) groups is 1. The highest BCUT2D eigenvalue weighted by atomic mass is 35.5. The van der Waals surface area contributed by atoms with Gasteiger partial charge in [0.05, 0.1) is 12.6 Å². The molecule has 0 aliphatic carbocycles. The number of rotatable bonds is 4. The molecule has 1 amide bonds. The summed E-state index contributed by atoms with van der Waals surface area (Å²) < 4.78 is 0. The molecule has 2 atom stereocenters. The average molecular weight is 394 g/mol. The molecule has 1 aromatic carbocycles. The third kappa shape index (κ3) is 5.04. The first-order valence-electron chi connectivity index (χ1n) is 10.0. The molecule has 5 heteroatoms. The molecule has 2 heterocycles. The van der Waals surface area contributed by atoms with Gasteiger partial charge in [0.1, 0.15) is 0 Å². The van der Waals surface area contributed by atoms with Gasteiger partial charge in [-0.15, -0.1) is 12.4 Å². The van der Waals surface area contributed by atoms with Gasteiger partial charge in [-0.05, 0) is 54.3 Å². The largest absolute Gasteiger partial charge is 0.335 e. The summed E-state index contributed by atoms with van der Waals surface area (Å²) in [5, 5.41) is 0. The molecule has 27 heavy (non-hydrogen) atoms. The van der Waals surface area contributed by atoms with E-state index in [1.807, 2.05) is 0 Å². The summed E-state index contributed by atoms with van der Waals surface area (Å²) in [6, 6.07) is 9.13. The van der Waals surface area contributed by atoms with Crippen LogP contribution in [0.3, 0.4) is 0 Å². The monoisotopic (exact) mass is 393 g/mol. The van der Waals surface area contributed by atoms with E-state index in [1.54, 1.807) is 0 Å². The number of carbonyl (C=O) groups excluding carboxylic acids is 1. The Kier molecular flexibility index (Phi) is 6.99. The van der Waals surface area contributed by atoms with Crippen LogP contribution < -0.4 is 5.73 Å². The molecule has 2 aliphatic heterocycles. The van der Waals surface area contributed by atoms with Gasteiger partial charge in [-0.3, -0.25) is 9.69 Å². The van der Waals surface area contributed by atoms with Gasteiger partial charge in [0.15, 0.2) is 0 Å². The van der Waals surface area contributed by atoms with Crippen molar-refractivity contribution in [2.45, 2.75) is 58.4 Å². The number of hydrogen-bond donors (Lipinski definition) is 1. The number of halogens is 1. The molecule has 0 aromatic heterocycles. The van der Waals surface area contributed by atoms with E-state index in [0.717, 1.165) is 38.9 Å². The van der Waals surface area contributed by atoms with E-state index >= 15 is 0 Å². The maximum atomic E-state index is 13.0. The normalized spacial score (nSPS) is 26.3. The predicted octanol–water partition coefficient (Wildman–Crippen LogP) is 3.74. The molecule has 2 saturated heterocycles. The van der Waals surface area contributed by atoms with Gasteiger partial charge < -0.3 is 10.6 Å². The first-order valence-corrected chi connectivity index (χ1v) is 10.0. The lowest BCUT2D eigenvalue weighted by molar-refractivity contribution is -0.133. The molecule has 0 saturated carbocycles. The fourth-order valence-electron chi connectivity index (χ4n) is 4.33. The molecule has 152 valence electrons. The summed E-state index contributed by atoms with van der Waals surface area (Å²) in [7, 11) is 0. The Morgan fingerprint density at radius 1 is 1.22 bits per heavy atom. The summed E-state index contributed by atoms with van der Waals surface area (Å²) in [6.07, 6.45) is 3.26. The van der Waals surface area contributed by atoms with E-state index < -0.39 is 0 Å². The zero-order chi connectivity index (χ0) is 18.9. The Morgan fingerprint density at radius 3 is 2.44 bits per heavy atom. The lowest BCUT2D eigenvalue weighted by Crippen LogP contribution is -2.40. The molecule has 2 unspecified atom stereocenters. The van der Waals surface area contributed by atoms with Gasteiger partial charge in [-0.2, -0.15) is 0 Å². The maximum Gasteiger partial charge on any atom is 0.237 e. The van der Waals surface area contributed by atoms with E-state index in [1.165, 1.54) is 11.1 Å². The average Bonchev–Trinajstić information content (AvgIpc) is 3.22. The Hall–Kier alpha value is -1.10. The van der Waals surface area contributed by atoms with Crippen molar-refractivity contribution in [3.05, 3.63) is 35.4 Å². The zero-order valence-electron chi connectivity index (χ0n) is 17.3. The quantitative estimate of drug-likeness (QED) is 0.847. The highest BCUT2D eigenvalue weighted by Crippen LogP contribution is 2.34. The van der Waals surface area contributed by atoms with Crippen LogP contribution in [-0.4, -0.2) is 48.4 Å². The number of likely N-dealkylation sites (tertiary alicyclic amines) is 2. The highest BCUT2D eigenvalue weighted by Gasteiger charge is 2.36. The summed E-state index contributed by atoms with van der Waals surface area (Å²) in [6.45, 7) is 13.0. The fraction of sp³-hybridized carbons (Fsp3) is 0.682. The molecule has 2 N–H and O–H groups in total. The van der Waals surface area contributed by atoms with Crippen LogP contribution in [-0.2, 0) is 10.2 Å². The Morgan fingerprint density at radius 2 is 1.89 bits per heavy atom. The number of hydrogen-bond acceptors (Lipinski definition) is 3. The van der Waals surface area contributed by atoms with Gasteiger partial charge in [0.25, 0.3) is 0 Å². The molecule has 0 bridgehead atoms. The van der Waals surface area contributed by atoms with Crippen molar-refractivity contribution in [1.82, 2.24) is 9.80 Å². The molecule has 2 aliphatic rings. The van der Waals surface area contributed by atoms with Gasteiger partial charge in [0.2, 0.25) is 5.91 Å². The second-order valence-corrected chi connectivity index (χ2v) is 9.59. The molecule has 0 radical (unpaired) electrons. The van der Waals surface area contributed by atoms with Crippen LogP contribution in [0, 0.1) is 5.41 Å². The zero-order valence-corrected chi connectivity index (χ0v) is 18.1. The molecule has 0 spiro atoms. The first-order chi connectivity index (χ1) is 12.2. The minimum atomic E-state index is 0.